The van der Waals surface area contributed by atoms with E-state index in [9.17, 15) is 18.0 Å². The Morgan fingerprint density at radius 2 is 1.83 bits per heavy atom. The van der Waals surface area contributed by atoms with Crippen LogP contribution in [-0.2, 0) is 24.0 Å². The predicted octanol–water partition coefficient (Wildman–Crippen LogP) is 6.54. The minimum absolute atomic E-state index is 0.128. The highest BCUT2D eigenvalue weighted by atomic mass is 32.1. The zero-order valence-corrected chi connectivity index (χ0v) is 16.1. The summed E-state index contributed by atoms with van der Waals surface area (Å²) < 4.78 is 46.5. The molecular formula is C23H17F3O2S. The minimum atomic E-state index is -4.48. The third kappa shape index (κ3) is 4.27. The Bertz CT molecular complexity index is 1070. The molecule has 2 aromatic carbocycles. The highest BCUT2D eigenvalue weighted by Gasteiger charge is 2.34. The van der Waals surface area contributed by atoms with Crippen molar-refractivity contribution in [2.75, 3.05) is 0 Å². The fourth-order valence-electron chi connectivity index (χ4n) is 3.37. The van der Waals surface area contributed by atoms with E-state index in [0.29, 0.717) is 12.0 Å². The summed E-state index contributed by atoms with van der Waals surface area (Å²) in [6.45, 7) is 0.184. The van der Waals surface area contributed by atoms with Crippen molar-refractivity contribution < 1.29 is 22.7 Å². The molecule has 0 atom stereocenters. The Balaban J connectivity index is 1.57. The number of allylic oxidation sites excluding steroid dienone is 1. The van der Waals surface area contributed by atoms with Crippen molar-refractivity contribution >= 4 is 23.7 Å². The number of hydrogen-bond donors (Lipinski definition) is 0. The molecule has 148 valence electrons. The second-order valence-corrected chi connectivity index (χ2v) is 7.97. The van der Waals surface area contributed by atoms with E-state index in [1.807, 2.05) is 12.1 Å². The first-order valence-corrected chi connectivity index (χ1v) is 9.92. The molecule has 0 N–H and O–H groups in total. The number of carbonyl (C=O) groups excluding carboxylic acids is 1. The van der Waals surface area contributed by atoms with Crippen LogP contribution in [0.15, 0.2) is 60.2 Å². The molecular weight excluding hydrogens is 397 g/mol. The lowest BCUT2D eigenvalue weighted by Gasteiger charge is -2.15. The summed E-state index contributed by atoms with van der Waals surface area (Å²) in [6.07, 6.45) is -0.241. The second-order valence-electron chi connectivity index (χ2n) is 6.80. The molecule has 0 bridgehead atoms. The first-order chi connectivity index (χ1) is 13.9. The van der Waals surface area contributed by atoms with Gasteiger partial charge in [0.05, 0.1) is 5.56 Å². The number of aryl methyl sites for hydroxylation is 1. The minimum Gasteiger partial charge on any atom is -0.488 e. The molecule has 1 aliphatic carbocycles. The Morgan fingerprint density at radius 3 is 2.55 bits per heavy atom. The third-order valence-corrected chi connectivity index (χ3v) is 5.90. The lowest BCUT2D eigenvalue weighted by Crippen LogP contribution is -2.08. The topological polar surface area (TPSA) is 26.3 Å². The smallest absolute Gasteiger partial charge is 0.417 e. The molecule has 1 heterocycles. The maximum absolute atomic E-state index is 13.6. The molecule has 0 spiro atoms. The van der Waals surface area contributed by atoms with E-state index in [4.69, 9.17) is 4.74 Å². The summed E-state index contributed by atoms with van der Waals surface area (Å²) in [6, 6.07) is 14.6. The van der Waals surface area contributed by atoms with Crippen molar-refractivity contribution in [1.82, 2.24) is 0 Å². The van der Waals surface area contributed by atoms with E-state index in [2.05, 4.69) is 0 Å². The third-order valence-electron chi connectivity index (χ3n) is 4.81. The number of hydrogen-bond acceptors (Lipinski definition) is 3. The Kier molecular flexibility index (Phi) is 5.28. The van der Waals surface area contributed by atoms with Gasteiger partial charge < -0.3 is 4.74 Å². The standard InChI is InChI=1S/C23H17F3O2S/c24-23(25,26)21-12-18(8-9-20(21)16-4-2-1-3-5-16)28-14-19-11-17-7-6-15(13-27)10-22(17)29-19/h1-5,8-13H,6-7,14H2. The number of ether oxygens (including phenoxy) is 1. The quantitative estimate of drug-likeness (QED) is 0.443. The van der Waals surface area contributed by atoms with Crippen LogP contribution in [0.2, 0.25) is 0 Å². The molecule has 29 heavy (non-hydrogen) atoms. The first kappa shape index (κ1) is 19.5. The molecule has 2 nitrogen and oxygen atoms in total. The number of rotatable bonds is 5. The molecule has 3 aromatic rings. The summed E-state index contributed by atoms with van der Waals surface area (Å²) in [7, 11) is 0. The Morgan fingerprint density at radius 1 is 1.03 bits per heavy atom. The van der Waals surface area contributed by atoms with Crippen LogP contribution in [0.5, 0.6) is 5.75 Å². The van der Waals surface area contributed by atoms with Crippen LogP contribution < -0.4 is 4.74 Å². The number of halogens is 3. The monoisotopic (exact) mass is 414 g/mol. The van der Waals surface area contributed by atoms with Crippen LogP contribution >= 0.6 is 11.3 Å². The van der Waals surface area contributed by atoms with Gasteiger partial charge in [-0.2, -0.15) is 13.2 Å². The summed E-state index contributed by atoms with van der Waals surface area (Å²) in [5, 5.41) is 0. The van der Waals surface area contributed by atoms with E-state index in [0.717, 1.165) is 39.7 Å². The molecule has 0 fully saturated rings. The van der Waals surface area contributed by atoms with Crippen LogP contribution in [-0.4, -0.2) is 6.29 Å². The zero-order valence-electron chi connectivity index (χ0n) is 15.3. The molecule has 0 aliphatic heterocycles. The summed E-state index contributed by atoms with van der Waals surface area (Å²) in [5.41, 5.74) is 1.83. The van der Waals surface area contributed by atoms with Crippen molar-refractivity contribution in [3.05, 3.63) is 81.1 Å². The van der Waals surface area contributed by atoms with Gasteiger partial charge in [-0.25, -0.2) is 0 Å². The maximum atomic E-state index is 13.6. The molecule has 1 aliphatic rings. The summed E-state index contributed by atoms with van der Waals surface area (Å²) in [5.74, 6) is 0.174. The SMILES string of the molecule is O=CC1=Cc2sc(COc3ccc(-c4ccccc4)c(C(F)(F)F)c3)cc2CC1. The van der Waals surface area contributed by atoms with Gasteiger partial charge >= 0.3 is 6.18 Å². The van der Waals surface area contributed by atoms with Crippen molar-refractivity contribution in [1.29, 1.82) is 0 Å². The molecule has 0 unspecified atom stereocenters. The van der Waals surface area contributed by atoms with Gasteiger partial charge in [0.1, 0.15) is 18.6 Å². The van der Waals surface area contributed by atoms with Gasteiger partial charge in [0, 0.05) is 9.75 Å². The number of thiophene rings is 1. The van der Waals surface area contributed by atoms with E-state index in [1.165, 1.54) is 17.4 Å². The number of alkyl halides is 3. The number of benzene rings is 2. The maximum Gasteiger partial charge on any atom is 0.417 e. The van der Waals surface area contributed by atoms with Gasteiger partial charge in [-0.1, -0.05) is 36.4 Å². The lowest BCUT2D eigenvalue weighted by molar-refractivity contribution is -0.137. The molecule has 0 saturated carbocycles. The number of carbonyl (C=O) groups is 1. The summed E-state index contributed by atoms with van der Waals surface area (Å²) >= 11 is 1.50. The highest BCUT2D eigenvalue weighted by Crippen LogP contribution is 2.39. The fourth-order valence-corrected chi connectivity index (χ4v) is 4.48. The van der Waals surface area contributed by atoms with E-state index in [-0.39, 0.29) is 17.9 Å². The van der Waals surface area contributed by atoms with Crippen LogP contribution in [0.4, 0.5) is 13.2 Å². The average Bonchev–Trinajstić information content (AvgIpc) is 3.14. The normalized spacial score (nSPS) is 13.6. The van der Waals surface area contributed by atoms with E-state index < -0.39 is 11.7 Å². The van der Waals surface area contributed by atoms with Crippen molar-refractivity contribution in [3.8, 4) is 16.9 Å². The van der Waals surface area contributed by atoms with Crippen molar-refractivity contribution in [3.63, 3.8) is 0 Å². The van der Waals surface area contributed by atoms with E-state index in [1.54, 1.807) is 36.4 Å². The molecule has 6 heteroatoms. The number of fused-ring (bicyclic) bond motifs is 1. The highest BCUT2D eigenvalue weighted by molar-refractivity contribution is 7.13. The first-order valence-electron chi connectivity index (χ1n) is 9.11. The lowest BCUT2D eigenvalue weighted by atomic mass is 9.99. The van der Waals surface area contributed by atoms with Gasteiger partial charge in [0.2, 0.25) is 0 Å². The molecule has 0 radical (unpaired) electrons. The zero-order chi connectivity index (χ0) is 20.4. The molecule has 0 amide bonds. The van der Waals surface area contributed by atoms with Crippen molar-refractivity contribution in [2.45, 2.75) is 25.6 Å². The number of aldehydes is 1. The van der Waals surface area contributed by atoms with Gasteiger partial charge in [0.25, 0.3) is 0 Å². The summed E-state index contributed by atoms with van der Waals surface area (Å²) in [4.78, 5) is 12.9. The van der Waals surface area contributed by atoms with Gasteiger partial charge in [-0.3, -0.25) is 4.79 Å². The molecule has 4 rings (SSSR count). The largest absolute Gasteiger partial charge is 0.488 e. The van der Waals surface area contributed by atoms with Crippen LogP contribution in [0.25, 0.3) is 17.2 Å². The predicted molar refractivity (Wildman–Crippen MR) is 108 cm³/mol. The Hall–Kier alpha value is -2.86. The van der Waals surface area contributed by atoms with Gasteiger partial charge in [-0.15, -0.1) is 11.3 Å². The molecule has 0 saturated heterocycles. The van der Waals surface area contributed by atoms with Gasteiger partial charge in [-0.05, 0) is 59.4 Å². The average molecular weight is 414 g/mol. The van der Waals surface area contributed by atoms with Crippen LogP contribution in [0.3, 0.4) is 0 Å². The molecule has 1 aromatic heterocycles. The van der Waals surface area contributed by atoms with E-state index >= 15 is 0 Å². The van der Waals surface area contributed by atoms with Crippen LogP contribution in [0.1, 0.15) is 27.3 Å². The van der Waals surface area contributed by atoms with Gasteiger partial charge in [0.15, 0.2) is 0 Å². The van der Waals surface area contributed by atoms with Crippen molar-refractivity contribution in [2.24, 2.45) is 0 Å². The fraction of sp³-hybridized carbons (Fsp3) is 0.174. The Labute approximate surface area is 170 Å². The van der Waals surface area contributed by atoms with Crippen LogP contribution in [0, 0.1) is 0 Å². The second kappa shape index (κ2) is 7.87.